The largest absolute Gasteiger partial charge is 0.342 e. The number of hydrogen-bond donors (Lipinski definition) is 3. The molecule has 0 aromatic carbocycles. The Morgan fingerprint density at radius 2 is 2.38 bits per heavy atom. The quantitative estimate of drug-likeness (QED) is 0.466. The van der Waals surface area contributed by atoms with Crippen LogP contribution in [0.15, 0.2) is 0 Å². The van der Waals surface area contributed by atoms with Crippen molar-refractivity contribution >= 4 is 7.60 Å². The SMILES string of the molecule is [2H]C(N)(CC)P(=O)(O)O. The molecule has 1 atom stereocenters. The Balaban J connectivity index is 4.34. The molecule has 0 spiro atoms. The first kappa shape index (κ1) is 6.23. The van der Waals surface area contributed by atoms with Crippen molar-refractivity contribution in [3.05, 3.63) is 0 Å². The van der Waals surface area contributed by atoms with Gasteiger partial charge in [-0.1, -0.05) is 6.92 Å². The third-order valence-corrected chi connectivity index (χ3v) is 1.80. The lowest BCUT2D eigenvalue weighted by molar-refractivity contribution is 0.357. The van der Waals surface area contributed by atoms with Gasteiger partial charge in [0.15, 0.2) is 0 Å². The highest BCUT2D eigenvalue weighted by Crippen LogP contribution is 2.39. The van der Waals surface area contributed by atoms with Crippen LogP contribution in [0, 0.1) is 0 Å². The Kier molecular flexibility index (Phi) is 2.02. The van der Waals surface area contributed by atoms with E-state index in [-0.39, 0.29) is 6.42 Å². The average molecular weight is 140 g/mol. The Morgan fingerprint density at radius 1 is 2.00 bits per heavy atom. The summed E-state index contributed by atoms with van der Waals surface area (Å²) in [6.45, 7) is 1.45. The Labute approximate surface area is 49.3 Å². The summed E-state index contributed by atoms with van der Waals surface area (Å²) in [6, 6.07) is 0. The second-order valence-corrected chi connectivity index (χ2v) is 3.05. The maximum Gasteiger partial charge on any atom is 0.342 e. The van der Waals surface area contributed by atoms with E-state index in [1.165, 1.54) is 6.92 Å². The molecule has 0 radical (unpaired) electrons. The van der Waals surface area contributed by atoms with Crippen LogP contribution < -0.4 is 5.73 Å². The Bertz CT molecular complexity index is 142. The Morgan fingerprint density at radius 3 is 2.38 bits per heavy atom. The fourth-order valence-corrected chi connectivity index (χ4v) is 0.618. The van der Waals surface area contributed by atoms with Gasteiger partial charge in [0.25, 0.3) is 0 Å². The molecule has 0 aromatic rings. The van der Waals surface area contributed by atoms with E-state index in [0.29, 0.717) is 0 Å². The van der Waals surface area contributed by atoms with E-state index in [1.54, 1.807) is 0 Å². The molecule has 0 amide bonds. The van der Waals surface area contributed by atoms with Crippen LogP contribution in [-0.4, -0.2) is 15.5 Å². The average Bonchev–Trinajstić information content (AvgIpc) is 1.64. The third kappa shape index (κ3) is 2.43. The molecule has 1 unspecified atom stereocenters. The molecule has 0 aliphatic heterocycles. The van der Waals surface area contributed by atoms with Gasteiger partial charge >= 0.3 is 7.60 Å². The van der Waals surface area contributed by atoms with Crippen LogP contribution in [0.2, 0.25) is 0 Å². The van der Waals surface area contributed by atoms with Gasteiger partial charge in [-0.25, -0.2) is 0 Å². The molecule has 0 bridgehead atoms. The molecule has 50 valence electrons. The molecule has 0 aliphatic carbocycles. The van der Waals surface area contributed by atoms with Gasteiger partial charge < -0.3 is 15.5 Å². The van der Waals surface area contributed by atoms with Gasteiger partial charge in [0.05, 0.1) is 1.37 Å². The first-order valence-corrected chi connectivity index (χ1v) is 3.77. The highest BCUT2D eigenvalue weighted by molar-refractivity contribution is 7.52. The monoisotopic (exact) mass is 140 g/mol. The van der Waals surface area contributed by atoms with Crippen molar-refractivity contribution in [3.63, 3.8) is 0 Å². The van der Waals surface area contributed by atoms with E-state index in [2.05, 4.69) is 0 Å². The highest BCUT2D eigenvalue weighted by Gasteiger charge is 2.21. The molecule has 0 rings (SSSR count). The Hall–Kier alpha value is 0.110. The van der Waals surface area contributed by atoms with Crippen molar-refractivity contribution < 1.29 is 15.7 Å². The number of nitrogens with two attached hydrogens (primary N) is 1. The summed E-state index contributed by atoms with van der Waals surface area (Å²) in [4.78, 5) is 16.7. The van der Waals surface area contributed by atoms with Gasteiger partial charge in [0.1, 0.15) is 5.76 Å². The molecular formula is C3H10NO3P. The lowest BCUT2D eigenvalue weighted by atomic mass is 10.5. The van der Waals surface area contributed by atoms with Gasteiger partial charge in [0, 0.05) is 0 Å². The summed E-state index contributed by atoms with van der Waals surface area (Å²) in [5, 5.41) is 0. The van der Waals surface area contributed by atoms with Crippen LogP contribution >= 0.6 is 7.60 Å². The van der Waals surface area contributed by atoms with Gasteiger partial charge in [-0.3, -0.25) is 4.57 Å². The van der Waals surface area contributed by atoms with E-state index >= 15 is 0 Å². The first-order valence-electron chi connectivity index (χ1n) is 2.66. The van der Waals surface area contributed by atoms with Crippen LogP contribution in [0.3, 0.4) is 0 Å². The predicted octanol–water partition coefficient (Wildman–Crippen LogP) is -0.141. The van der Waals surface area contributed by atoms with Crippen molar-refractivity contribution in [3.8, 4) is 0 Å². The van der Waals surface area contributed by atoms with E-state index < -0.39 is 13.4 Å². The van der Waals surface area contributed by atoms with E-state index in [4.69, 9.17) is 16.9 Å². The molecule has 8 heavy (non-hydrogen) atoms. The molecule has 0 fully saturated rings. The molecule has 0 saturated heterocycles. The van der Waals surface area contributed by atoms with Gasteiger partial charge in [-0.15, -0.1) is 0 Å². The topological polar surface area (TPSA) is 83.6 Å². The van der Waals surface area contributed by atoms with Crippen LogP contribution in [-0.2, 0) is 4.57 Å². The van der Waals surface area contributed by atoms with Crippen molar-refractivity contribution in [1.82, 2.24) is 0 Å². The van der Waals surface area contributed by atoms with Crippen molar-refractivity contribution in [1.29, 1.82) is 0 Å². The highest BCUT2D eigenvalue weighted by atomic mass is 31.2. The van der Waals surface area contributed by atoms with Gasteiger partial charge in [-0.2, -0.15) is 0 Å². The van der Waals surface area contributed by atoms with Crippen LogP contribution in [0.25, 0.3) is 0 Å². The summed E-state index contributed by atoms with van der Waals surface area (Å²) in [5.74, 6) is -2.10. The predicted molar refractivity (Wildman–Crippen MR) is 30.3 cm³/mol. The fraction of sp³-hybridized carbons (Fsp3) is 1.00. The van der Waals surface area contributed by atoms with E-state index in [9.17, 15) is 4.57 Å². The first-order chi connectivity index (χ1) is 3.81. The van der Waals surface area contributed by atoms with E-state index in [1.807, 2.05) is 0 Å². The lowest BCUT2D eigenvalue weighted by Crippen LogP contribution is -2.17. The zero-order valence-electron chi connectivity index (χ0n) is 5.53. The van der Waals surface area contributed by atoms with Gasteiger partial charge in [0.2, 0.25) is 0 Å². The van der Waals surface area contributed by atoms with Crippen LogP contribution in [0.4, 0.5) is 0 Å². The fourth-order valence-electron chi connectivity index (χ4n) is 0.206. The summed E-state index contributed by atoms with van der Waals surface area (Å²) in [7, 11) is -4.42. The maximum atomic E-state index is 10.3. The molecule has 5 heteroatoms. The minimum absolute atomic E-state index is 0.0583. The summed E-state index contributed by atoms with van der Waals surface area (Å²) < 4.78 is 17.1. The van der Waals surface area contributed by atoms with Gasteiger partial charge in [-0.05, 0) is 6.42 Å². The molecule has 0 aliphatic rings. The zero-order chi connectivity index (χ0) is 7.71. The minimum Gasteiger partial charge on any atom is -0.323 e. The number of hydrogen-bond acceptors (Lipinski definition) is 2. The van der Waals surface area contributed by atoms with Crippen molar-refractivity contribution in [2.45, 2.75) is 19.1 Å². The van der Waals surface area contributed by atoms with E-state index in [0.717, 1.165) is 0 Å². The summed E-state index contributed by atoms with van der Waals surface area (Å²) in [5.41, 5.74) is 4.90. The molecule has 0 saturated carbocycles. The van der Waals surface area contributed by atoms with Crippen LogP contribution in [0.1, 0.15) is 14.7 Å². The molecular weight excluding hydrogens is 129 g/mol. The molecule has 4 N–H and O–H groups in total. The molecule has 4 nitrogen and oxygen atoms in total. The summed E-state index contributed by atoms with van der Waals surface area (Å²) in [6.07, 6.45) is -0.0583. The zero-order valence-corrected chi connectivity index (χ0v) is 5.43. The maximum absolute atomic E-state index is 10.3. The second kappa shape index (κ2) is 2.60. The number of rotatable bonds is 2. The standard InChI is InChI=1S/C3H10NO3P/c1-2-3(4)8(5,6)7/h3H,2,4H2,1H3,(H2,5,6,7)/i3D. The minimum atomic E-state index is -4.42. The lowest BCUT2D eigenvalue weighted by Gasteiger charge is -2.08. The molecule has 0 aromatic heterocycles. The normalized spacial score (nSPS) is 21.8. The smallest absolute Gasteiger partial charge is 0.323 e. The molecule has 0 heterocycles. The van der Waals surface area contributed by atoms with Crippen molar-refractivity contribution in [2.24, 2.45) is 5.73 Å². The van der Waals surface area contributed by atoms with Crippen molar-refractivity contribution in [2.75, 3.05) is 0 Å². The van der Waals surface area contributed by atoms with Crippen LogP contribution in [0.5, 0.6) is 0 Å². The second-order valence-electron chi connectivity index (χ2n) is 1.39. The summed E-state index contributed by atoms with van der Waals surface area (Å²) >= 11 is 0. The third-order valence-electron chi connectivity index (χ3n) is 0.736.